The predicted molar refractivity (Wildman–Crippen MR) is 57.4 cm³/mol. The molecule has 1 aromatic carbocycles. The second-order valence-corrected chi connectivity index (χ2v) is 3.64. The molecule has 0 aliphatic rings. The Morgan fingerprint density at radius 2 is 2.14 bits per heavy atom. The molecule has 0 saturated heterocycles. The summed E-state index contributed by atoms with van der Waals surface area (Å²) in [5.74, 6) is 0. The highest BCUT2D eigenvalue weighted by molar-refractivity contribution is 5.87. The number of fused-ring (bicyclic) bond motifs is 1. The fourth-order valence-electron chi connectivity index (χ4n) is 1.70. The third-order valence-electron chi connectivity index (χ3n) is 2.28. The second kappa shape index (κ2) is 2.90. The van der Waals surface area contributed by atoms with Gasteiger partial charge in [-0.25, -0.2) is 4.79 Å². The highest BCUT2D eigenvalue weighted by atomic mass is 16.1. The van der Waals surface area contributed by atoms with E-state index in [0.29, 0.717) is 5.69 Å². The second-order valence-electron chi connectivity index (χ2n) is 3.64. The van der Waals surface area contributed by atoms with Gasteiger partial charge in [0.25, 0.3) is 0 Å². The van der Waals surface area contributed by atoms with Gasteiger partial charge in [0.1, 0.15) is 0 Å². The van der Waals surface area contributed by atoms with E-state index in [2.05, 4.69) is 4.98 Å². The Labute approximate surface area is 81.3 Å². The van der Waals surface area contributed by atoms with Gasteiger partial charge in [0.05, 0.1) is 16.7 Å². The quantitative estimate of drug-likeness (QED) is 0.671. The molecule has 0 aliphatic carbocycles. The number of nitrogens with one attached hydrogen (secondary N) is 1. The summed E-state index contributed by atoms with van der Waals surface area (Å²) in [5, 5.41) is 0. The maximum absolute atomic E-state index is 11.6. The Morgan fingerprint density at radius 1 is 1.43 bits per heavy atom. The lowest BCUT2D eigenvalue weighted by atomic mass is 10.2. The summed E-state index contributed by atoms with van der Waals surface area (Å²) in [5.41, 5.74) is 7.95. The third kappa shape index (κ3) is 1.11. The molecule has 2 rings (SSSR count). The highest BCUT2D eigenvalue weighted by Gasteiger charge is 2.10. The fraction of sp³-hybridized carbons (Fsp3) is 0.300. The van der Waals surface area contributed by atoms with Gasteiger partial charge in [-0.05, 0) is 26.0 Å². The molecule has 3 N–H and O–H groups in total. The largest absolute Gasteiger partial charge is 0.397 e. The zero-order valence-electron chi connectivity index (χ0n) is 8.24. The SMILES string of the molecule is CC(C)n1c(=O)[nH]c2cccc(N)c21. The number of para-hydroxylation sites is 1. The molecule has 0 saturated carbocycles. The monoisotopic (exact) mass is 191 g/mol. The summed E-state index contributed by atoms with van der Waals surface area (Å²) >= 11 is 0. The molecule has 0 fully saturated rings. The zero-order valence-corrected chi connectivity index (χ0v) is 8.24. The van der Waals surface area contributed by atoms with Crippen molar-refractivity contribution in [2.75, 3.05) is 5.73 Å². The first-order valence-corrected chi connectivity index (χ1v) is 4.60. The molecule has 0 aliphatic heterocycles. The van der Waals surface area contributed by atoms with E-state index in [-0.39, 0.29) is 11.7 Å². The van der Waals surface area contributed by atoms with Crippen LogP contribution in [0.15, 0.2) is 23.0 Å². The first-order chi connectivity index (χ1) is 6.61. The Bertz CT molecular complexity index is 522. The van der Waals surface area contributed by atoms with E-state index in [1.54, 1.807) is 10.6 Å². The normalized spacial score (nSPS) is 11.4. The van der Waals surface area contributed by atoms with Crippen molar-refractivity contribution >= 4 is 16.7 Å². The van der Waals surface area contributed by atoms with Gasteiger partial charge in [-0.3, -0.25) is 4.57 Å². The first-order valence-electron chi connectivity index (χ1n) is 4.60. The number of rotatable bonds is 1. The zero-order chi connectivity index (χ0) is 10.3. The van der Waals surface area contributed by atoms with Crippen molar-refractivity contribution < 1.29 is 0 Å². The maximum Gasteiger partial charge on any atom is 0.326 e. The van der Waals surface area contributed by atoms with Crippen LogP contribution < -0.4 is 11.4 Å². The average molecular weight is 191 g/mol. The Morgan fingerprint density at radius 3 is 2.79 bits per heavy atom. The molecule has 4 nitrogen and oxygen atoms in total. The van der Waals surface area contributed by atoms with Gasteiger partial charge in [0.15, 0.2) is 0 Å². The van der Waals surface area contributed by atoms with Gasteiger partial charge in [-0.1, -0.05) is 6.07 Å². The van der Waals surface area contributed by atoms with E-state index in [1.807, 2.05) is 26.0 Å². The van der Waals surface area contributed by atoms with E-state index < -0.39 is 0 Å². The summed E-state index contributed by atoms with van der Waals surface area (Å²) in [6.45, 7) is 3.92. The van der Waals surface area contributed by atoms with Crippen LogP contribution in [0.3, 0.4) is 0 Å². The molecule has 0 amide bonds. The summed E-state index contributed by atoms with van der Waals surface area (Å²) in [6.07, 6.45) is 0. The molecule has 2 aromatic rings. The van der Waals surface area contributed by atoms with E-state index >= 15 is 0 Å². The van der Waals surface area contributed by atoms with Crippen molar-refractivity contribution in [2.24, 2.45) is 0 Å². The van der Waals surface area contributed by atoms with Gasteiger partial charge in [0.2, 0.25) is 0 Å². The lowest BCUT2D eigenvalue weighted by Gasteiger charge is -2.07. The van der Waals surface area contributed by atoms with Crippen LogP contribution in [-0.2, 0) is 0 Å². The molecule has 0 bridgehead atoms. The number of nitrogen functional groups attached to an aromatic ring is 1. The molecule has 0 atom stereocenters. The van der Waals surface area contributed by atoms with Crippen LogP contribution in [-0.4, -0.2) is 9.55 Å². The Kier molecular flexibility index (Phi) is 1.84. The minimum absolute atomic E-state index is 0.104. The van der Waals surface area contributed by atoms with Gasteiger partial charge in [-0.15, -0.1) is 0 Å². The van der Waals surface area contributed by atoms with Crippen molar-refractivity contribution in [2.45, 2.75) is 19.9 Å². The molecule has 1 heterocycles. The number of aromatic amines is 1. The van der Waals surface area contributed by atoms with Crippen molar-refractivity contribution in [1.29, 1.82) is 0 Å². The smallest absolute Gasteiger partial charge is 0.326 e. The van der Waals surface area contributed by atoms with Gasteiger partial charge >= 0.3 is 5.69 Å². The number of aromatic nitrogens is 2. The Hall–Kier alpha value is -1.71. The van der Waals surface area contributed by atoms with Crippen LogP contribution in [0.5, 0.6) is 0 Å². The number of hydrogen-bond acceptors (Lipinski definition) is 2. The third-order valence-corrected chi connectivity index (χ3v) is 2.28. The van der Waals surface area contributed by atoms with E-state index in [4.69, 9.17) is 5.73 Å². The molecule has 14 heavy (non-hydrogen) atoms. The number of imidazole rings is 1. The van der Waals surface area contributed by atoms with E-state index in [0.717, 1.165) is 11.0 Å². The minimum Gasteiger partial charge on any atom is -0.397 e. The molecule has 0 spiro atoms. The standard InChI is InChI=1S/C10H13N3O/c1-6(2)13-9-7(11)4-3-5-8(9)12-10(13)14/h3-6H,11H2,1-2H3,(H,12,14). The summed E-state index contributed by atoms with van der Waals surface area (Å²) < 4.78 is 1.67. The average Bonchev–Trinajstić information content (AvgIpc) is 2.42. The molecule has 0 unspecified atom stereocenters. The molecule has 4 heteroatoms. The number of hydrogen-bond donors (Lipinski definition) is 2. The molecular formula is C10H13N3O. The van der Waals surface area contributed by atoms with Crippen LogP contribution in [0.1, 0.15) is 19.9 Å². The topological polar surface area (TPSA) is 63.8 Å². The highest BCUT2D eigenvalue weighted by Crippen LogP contribution is 2.20. The van der Waals surface area contributed by atoms with E-state index in [9.17, 15) is 4.79 Å². The van der Waals surface area contributed by atoms with Gasteiger partial charge < -0.3 is 10.7 Å². The van der Waals surface area contributed by atoms with Crippen LogP contribution in [0.2, 0.25) is 0 Å². The van der Waals surface area contributed by atoms with Gasteiger partial charge in [-0.2, -0.15) is 0 Å². The van der Waals surface area contributed by atoms with Crippen LogP contribution in [0.4, 0.5) is 5.69 Å². The van der Waals surface area contributed by atoms with Crippen LogP contribution >= 0.6 is 0 Å². The summed E-state index contributed by atoms with van der Waals surface area (Å²) in [7, 11) is 0. The Balaban J connectivity index is 2.94. The van der Waals surface area contributed by atoms with Crippen molar-refractivity contribution in [1.82, 2.24) is 9.55 Å². The molecular weight excluding hydrogens is 178 g/mol. The fourth-order valence-corrected chi connectivity index (χ4v) is 1.70. The summed E-state index contributed by atoms with van der Waals surface area (Å²) in [4.78, 5) is 14.4. The van der Waals surface area contributed by atoms with Crippen molar-refractivity contribution in [3.8, 4) is 0 Å². The number of nitrogens with zero attached hydrogens (tertiary/aromatic N) is 1. The molecule has 74 valence electrons. The number of nitrogens with two attached hydrogens (primary N) is 1. The van der Waals surface area contributed by atoms with Crippen LogP contribution in [0, 0.1) is 0 Å². The maximum atomic E-state index is 11.6. The number of benzene rings is 1. The lowest BCUT2D eigenvalue weighted by molar-refractivity contribution is 0.598. The molecule has 0 radical (unpaired) electrons. The van der Waals surface area contributed by atoms with Crippen molar-refractivity contribution in [3.05, 3.63) is 28.7 Å². The predicted octanol–water partition coefficient (Wildman–Crippen LogP) is 1.49. The lowest BCUT2D eigenvalue weighted by Crippen LogP contribution is -2.18. The van der Waals surface area contributed by atoms with E-state index in [1.165, 1.54) is 0 Å². The van der Waals surface area contributed by atoms with Crippen LogP contribution in [0.25, 0.3) is 11.0 Å². The minimum atomic E-state index is -0.104. The molecule has 1 aromatic heterocycles. The first kappa shape index (κ1) is 8.87. The number of H-pyrrole nitrogens is 1. The van der Waals surface area contributed by atoms with Gasteiger partial charge in [0, 0.05) is 6.04 Å². The number of anilines is 1. The summed E-state index contributed by atoms with van der Waals surface area (Å²) in [6, 6.07) is 5.60. The van der Waals surface area contributed by atoms with Crippen molar-refractivity contribution in [3.63, 3.8) is 0 Å².